The van der Waals surface area contributed by atoms with Crippen molar-refractivity contribution in [1.29, 1.82) is 0 Å². The summed E-state index contributed by atoms with van der Waals surface area (Å²) < 4.78 is 35.7. The first kappa shape index (κ1) is 37.7. The van der Waals surface area contributed by atoms with Crippen molar-refractivity contribution < 1.29 is 23.2 Å². The second kappa shape index (κ2) is 15.6. The van der Waals surface area contributed by atoms with Crippen LogP contribution in [0.25, 0.3) is 0 Å². The molecule has 2 aromatic rings. The number of nitrogens with one attached hydrogen (secondary N) is 2. The van der Waals surface area contributed by atoms with Gasteiger partial charge in [-0.15, -0.1) is 0 Å². The molecule has 2 aliphatic carbocycles. The summed E-state index contributed by atoms with van der Waals surface area (Å²) >= 11 is 6.51. The molecule has 1 amide bonds. The van der Waals surface area contributed by atoms with Crippen LogP contribution in [0.1, 0.15) is 67.4 Å². The molecule has 1 saturated carbocycles. The average Bonchev–Trinajstić information content (AvgIpc) is 3.27. The molecule has 2 N–H and O–H groups in total. The van der Waals surface area contributed by atoms with E-state index in [1.54, 1.807) is 6.07 Å². The lowest BCUT2D eigenvalue weighted by Gasteiger charge is -2.50. The molecule has 2 fully saturated rings. The Morgan fingerprint density at radius 1 is 1.15 bits per heavy atom. The Balaban J connectivity index is 1.25. The number of benzene rings is 2. The highest BCUT2D eigenvalue weighted by molar-refractivity contribution is 7.99. The largest absolute Gasteiger partial charge is 0.490 e. The van der Waals surface area contributed by atoms with Crippen molar-refractivity contribution in [3.05, 3.63) is 70.3 Å². The van der Waals surface area contributed by atoms with Gasteiger partial charge in [0.15, 0.2) is 0 Å². The summed E-state index contributed by atoms with van der Waals surface area (Å²) in [6.45, 7) is 12.2. The zero-order chi connectivity index (χ0) is 36.5. The number of hydrogen-bond acceptors (Lipinski definition) is 8. The monoisotopic (exact) mass is 752 g/mol. The van der Waals surface area contributed by atoms with E-state index in [0.717, 1.165) is 101 Å². The minimum absolute atomic E-state index is 0.0239. The first-order valence-electron chi connectivity index (χ1n) is 19.2. The fraction of sp³-hybridized carbons (Fsp3) is 0.610. The molecule has 0 radical (unpaired) electrons. The van der Waals surface area contributed by atoms with Gasteiger partial charge < -0.3 is 24.4 Å². The number of fused-ring (bicyclic) bond motifs is 4. The summed E-state index contributed by atoms with van der Waals surface area (Å²) in [7, 11) is -1.10. The minimum Gasteiger partial charge on any atom is -0.490 e. The van der Waals surface area contributed by atoms with E-state index in [2.05, 4.69) is 56.9 Å². The van der Waals surface area contributed by atoms with Crippen LogP contribution in [0, 0.1) is 17.8 Å². The van der Waals surface area contributed by atoms with Gasteiger partial charge in [-0.2, -0.15) is 0 Å². The van der Waals surface area contributed by atoms with Gasteiger partial charge in [0.05, 0.1) is 35.2 Å². The molecule has 1 unspecified atom stereocenters. The maximum atomic E-state index is 14.0. The fourth-order valence-corrected chi connectivity index (χ4v) is 11.0. The topological polar surface area (TPSA) is 92.4 Å². The van der Waals surface area contributed by atoms with Crippen LogP contribution < -0.4 is 19.7 Å². The molecule has 7 rings (SSSR count). The van der Waals surface area contributed by atoms with E-state index < -0.39 is 15.3 Å². The van der Waals surface area contributed by atoms with Gasteiger partial charge in [0.1, 0.15) is 11.4 Å². The normalized spacial score (nSPS) is 34.6. The van der Waals surface area contributed by atoms with Crippen molar-refractivity contribution in [2.75, 3.05) is 77.6 Å². The Kier molecular flexibility index (Phi) is 11.3. The van der Waals surface area contributed by atoms with Gasteiger partial charge in [-0.3, -0.25) is 14.4 Å². The highest BCUT2D eigenvalue weighted by atomic mass is 35.5. The first-order valence-corrected chi connectivity index (χ1v) is 21.4. The number of methoxy groups -OCH3 is 1. The summed E-state index contributed by atoms with van der Waals surface area (Å²) in [6.07, 6.45) is 10.4. The van der Waals surface area contributed by atoms with Crippen LogP contribution in [0.4, 0.5) is 5.69 Å². The molecule has 9 nitrogen and oxygen atoms in total. The number of morpholine rings is 1. The van der Waals surface area contributed by atoms with Crippen LogP contribution in [-0.2, 0) is 31.0 Å². The Morgan fingerprint density at radius 3 is 2.75 bits per heavy atom. The Labute approximate surface area is 315 Å². The van der Waals surface area contributed by atoms with Crippen molar-refractivity contribution in [3.63, 3.8) is 0 Å². The number of aryl methyl sites for hydroxylation is 1. The van der Waals surface area contributed by atoms with E-state index in [9.17, 15) is 9.00 Å². The van der Waals surface area contributed by atoms with E-state index in [1.807, 2.05) is 32.2 Å². The molecule has 1 saturated heterocycles. The second-order valence-electron chi connectivity index (χ2n) is 16.0. The van der Waals surface area contributed by atoms with Crippen LogP contribution in [-0.4, -0.2) is 104 Å². The molecule has 0 aromatic heterocycles. The van der Waals surface area contributed by atoms with Gasteiger partial charge in [0, 0.05) is 74.2 Å². The number of ether oxygens (including phenoxy) is 3. The van der Waals surface area contributed by atoms with Crippen molar-refractivity contribution in [2.24, 2.45) is 17.8 Å². The molecular weight excluding hydrogens is 696 g/mol. The minimum atomic E-state index is -2.95. The predicted octanol–water partition coefficient (Wildman–Crippen LogP) is 5.49. The van der Waals surface area contributed by atoms with E-state index in [4.69, 9.17) is 25.8 Å². The summed E-state index contributed by atoms with van der Waals surface area (Å²) in [6, 6.07) is 12.0. The molecule has 1 spiro atoms. The van der Waals surface area contributed by atoms with Crippen LogP contribution in [0.3, 0.4) is 0 Å². The smallest absolute Gasteiger partial charge is 0.262 e. The highest BCUT2D eigenvalue weighted by Crippen LogP contribution is 2.49. The summed E-state index contributed by atoms with van der Waals surface area (Å²) in [4.78, 5) is 18.7. The molecule has 284 valence electrons. The molecule has 2 aromatic carbocycles. The molecule has 3 aliphatic heterocycles. The number of anilines is 1. The van der Waals surface area contributed by atoms with Crippen molar-refractivity contribution in [1.82, 2.24) is 14.9 Å². The van der Waals surface area contributed by atoms with Gasteiger partial charge in [0.25, 0.3) is 5.91 Å². The van der Waals surface area contributed by atoms with Crippen molar-refractivity contribution in [2.45, 2.75) is 68.6 Å². The standard InChI is InChI=1S/C41H57ClN4O5S/c1-29-7-5-16-41(49-3,26-43-17-18-45-19-21-50-22-20-45)36-12-9-33(36)25-46-27-40(15-6-8-31-23-34(42)11-13-35(31)40)28-51-38-14-10-32(24-37(38)46)39(47)44-52(4,48)30(29)2/h5,10-11,13-14,16,23-24,29-30,33,36,43H,4,6-9,12,15,17-22,25-28H2,1-3H3,(H,44,47,48)/b16-5+/t29-,30+,33-,36+,40-,41+,52?/m0/s1. The van der Waals surface area contributed by atoms with E-state index in [1.165, 1.54) is 11.1 Å². The van der Waals surface area contributed by atoms with Gasteiger partial charge >= 0.3 is 0 Å². The lowest BCUT2D eigenvalue weighted by atomic mass is 9.63. The number of carbonyl (C=O) groups excluding carboxylic acids is 1. The number of rotatable bonds is 6. The number of allylic oxidation sites excluding steroid dienone is 1. The number of amides is 1. The van der Waals surface area contributed by atoms with Gasteiger partial charge in [0.2, 0.25) is 0 Å². The van der Waals surface area contributed by atoms with E-state index in [-0.39, 0.29) is 28.4 Å². The van der Waals surface area contributed by atoms with Crippen LogP contribution in [0.15, 0.2) is 48.6 Å². The summed E-state index contributed by atoms with van der Waals surface area (Å²) in [5.74, 6) is 5.13. The van der Waals surface area contributed by atoms with Crippen molar-refractivity contribution >= 4 is 38.8 Å². The van der Waals surface area contributed by atoms with E-state index in [0.29, 0.717) is 31.1 Å². The Hall–Kier alpha value is -2.60. The molecule has 11 heteroatoms. The summed E-state index contributed by atoms with van der Waals surface area (Å²) in [5, 5.41) is 4.21. The highest BCUT2D eigenvalue weighted by Gasteiger charge is 2.49. The average molecular weight is 753 g/mol. The quantitative estimate of drug-likeness (QED) is 0.228. The zero-order valence-electron chi connectivity index (χ0n) is 31.2. The fourth-order valence-electron chi connectivity index (χ4n) is 9.28. The van der Waals surface area contributed by atoms with E-state index >= 15 is 0 Å². The lowest BCUT2D eigenvalue weighted by molar-refractivity contribution is -0.0735. The van der Waals surface area contributed by atoms with Crippen LogP contribution in [0.2, 0.25) is 5.02 Å². The van der Waals surface area contributed by atoms with Crippen LogP contribution >= 0.6 is 11.6 Å². The maximum Gasteiger partial charge on any atom is 0.262 e. The molecule has 3 heterocycles. The third kappa shape index (κ3) is 7.66. The molecule has 5 aliphatic rings. The number of halogens is 1. The molecule has 52 heavy (non-hydrogen) atoms. The predicted molar refractivity (Wildman–Crippen MR) is 211 cm³/mol. The second-order valence-corrected chi connectivity index (χ2v) is 18.8. The van der Waals surface area contributed by atoms with Crippen molar-refractivity contribution in [3.8, 4) is 5.75 Å². The molecular formula is C41H57ClN4O5S. The number of nitrogens with zero attached hydrogens (tertiary/aromatic N) is 2. The van der Waals surface area contributed by atoms with Gasteiger partial charge in [-0.1, -0.05) is 36.7 Å². The lowest BCUT2D eigenvalue weighted by Crippen LogP contribution is -2.57. The van der Waals surface area contributed by atoms with Gasteiger partial charge in [-0.05, 0) is 111 Å². The number of hydrogen-bond donors (Lipinski definition) is 2. The Bertz CT molecular complexity index is 1750. The third-order valence-corrected chi connectivity index (χ3v) is 15.3. The van der Waals surface area contributed by atoms with Crippen LogP contribution in [0.5, 0.6) is 5.75 Å². The molecule has 7 atom stereocenters. The SMILES string of the molecule is C=S1(=O)NC(=O)c2ccc3c(c2)N(C[C@@H]2CC[C@H]2[C@@](CNCCN2CCOCC2)(OC)/C=C/C[C@H](C)[C@H]1C)C[C@@]1(CCCc2cc(Cl)ccc21)CO3. The summed E-state index contributed by atoms with van der Waals surface area (Å²) in [5.41, 5.74) is 3.24. The number of carbonyl (C=O) groups is 1. The zero-order valence-corrected chi connectivity index (χ0v) is 32.7. The Morgan fingerprint density at radius 2 is 1.98 bits per heavy atom. The first-order chi connectivity index (χ1) is 25.0. The molecule has 2 bridgehead atoms. The maximum absolute atomic E-state index is 14.0. The third-order valence-electron chi connectivity index (χ3n) is 12.9. The van der Waals surface area contributed by atoms with Gasteiger partial charge in [-0.25, -0.2) is 4.21 Å².